The zero-order chi connectivity index (χ0) is 7.82. The molecular weight excluding hydrogens is 132 g/mol. The van der Waals surface area contributed by atoms with Crippen molar-refractivity contribution in [1.29, 1.82) is 0 Å². The summed E-state index contributed by atoms with van der Waals surface area (Å²) in [5.41, 5.74) is 0. The monoisotopic (exact) mass is 148 g/mol. The van der Waals surface area contributed by atoms with Crippen LogP contribution >= 0.6 is 0 Å². The molecule has 1 heteroatoms. The topological polar surface area (TPSA) is 0 Å². The van der Waals surface area contributed by atoms with Crippen molar-refractivity contribution in [3.05, 3.63) is 22.9 Å². The van der Waals surface area contributed by atoms with Crippen LogP contribution in [0.2, 0.25) is 4.55 Å². The first kappa shape index (κ1) is 10.2. The van der Waals surface area contributed by atoms with E-state index in [2.05, 4.69) is 20.1 Å². The van der Waals surface area contributed by atoms with E-state index >= 15 is 0 Å². The lowest BCUT2D eigenvalue weighted by Crippen LogP contribution is -1.89. The fourth-order valence-corrected chi connectivity index (χ4v) is 2.10. The van der Waals surface area contributed by atoms with Crippen molar-refractivity contribution in [3.8, 4) is 0 Å². The summed E-state index contributed by atoms with van der Waals surface area (Å²) in [5.74, 6) is 0. The Bertz CT molecular complexity index is 105. The summed E-state index contributed by atoms with van der Waals surface area (Å²) in [4.78, 5) is 0. The Labute approximate surface area is 74.1 Å². The minimum Gasteiger partial charge on any atom is -0.204 e. The Kier molecular flexibility index (Phi) is 7.54. The van der Waals surface area contributed by atoms with Gasteiger partial charge in [-0.25, -0.2) is 3.70 Å². The Morgan fingerprint density at radius 3 is 2.70 bits per heavy atom. The van der Waals surface area contributed by atoms with Gasteiger partial charge in [-0.2, -0.15) is 0 Å². The largest absolute Gasteiger partial charge is 0.400 e. The van der Waals surface area contributed by atoms with Gasteiger partial charge in [0.25, 0.3) is 0 Å². The molecule has 0 unspecified atom stereocenters. The molecule has 0 atom stereocenters. The van der Waals surface area contributed by atoms with E-state index < -0.39 is 0 Å². The number of rotatable bonds is 6. The van der Waals surface area contributed by atoms with Crippen LogP contribution in [0.25, 0.3) is 0 Å². The highest BCUT2D eigenvalue weighted by Gasteiger charge is 1.93. The predicted octanol–water partition coefficient (Wildman–Crippen LogP) is 3.00. The molecule has 0 heterocycles. The van der Waals surface area contributed by atoms with Crippen LogP contribution in [-0.2, 0) is 0 Å². The van der Waals surface area contributed by atoms with Crippen LogP contribution in [-0.4, -0.2) is 20.4 Å². The fourth-order valence-electron chi connectivity index (χ4n) is 0.892. The van der Waals surface area contributed by atoms with Crippen molar-refractivity contribution >= 4 is 20.4 Å². The van der Waals surface area contributed by atoms with E-state index in [1.807, 2.05) is 6.08 Å². The van der Waals surface area contributed by atoms with Crippen molar-refractivity contribution in [2.75, 3.05) is 0 Å². The molecule has 0 aliphatic heterocycles. The maximum absolute atomic E-state index is 3.91. The molecule has 0 nitrogen and oxygen atoms in total. The Balaban J connectivity index is 2.90. The second-order valence-electron chi connectivity index (χ2n) is 2.85. The van der Waals surface area contributed by atoms with Gasteiger partial charge in [-0.15, -0.1) is 17.7 Å². The van der Waals surface area contributed by atoms with E-state index in [0.29, 0.717) is 0 Å². The molecule has 54 valence electrons. The molecule has 0 bridgehead atoms. The molecule has 0 aromatic heterocycles. The molecule has 0 aliphatic carbocycles. The average molecular weight is 149 g/mol. The molecule has 0 N–H and O–H groups in total. The minimum absolute atomic E-state index is 0.0894. The molecule has 0 amide bonds. The summed E-state index contributed by atoms with van der Waals surface area (Å²) in [7, 11) is 0. The average Bonchev–Trinajstić information content (AvgIpc) is 1.87. The first-order chi connectivity index (χ1) is 4.77. The summed E-state index contributed by atoms with van der Waals surface area (Å²) in [6.07, 6.45) is 5.89. The Morgan fingerprint density at radius 2 is 2.20 bits per heavy atom. The number of hydrogen-bond acceptors (Lipinski definition) is 0. The van der Waals surface area contributed by atoms with E-state index in [1.54, 1.807) is 0 Å². The maximum atomic E-state index is 3.91. The van der Waals surface area contributed by atoms with Crippen molar-refractivity contribution < 1.29 is 0 Å². The van der Waals surface area contributed by atoms with Gasteiger partial charge in [-0.05, 0) is 6.42 Å². The highest BCUT2D eigenvalue weighted by atomic mass is 24.5. The van der Waals surface area contributed by atoms with Gasteiger partial charge in [-0.3, -0.25) is 0 Å². The van der Waals surface area contributed by atoms with Crippen LogP contribution < -0.4 is 0 Å². The molecule has 0 rings (SSSR count). The predicted molar refractivity (Wildman–Crippen MR) is 49.4 cm³/mol. The molecular formula is C9H16Mg. The lowest BCUT2D eigenvalue weighted by atomic mass is 10.2. The SMILES string of the molecule is C=CCCC[CH2][Mg][C](=C)C. The van der Waals surface area contributed by atoms with Gasteiger partial charge in [-0.1, -0.05) is 25.8 Å². The van der Waals surface area contributed by atoms with E-state index in [1.165, 1.54) is 27.5 Å². The summed E-state index contributed by atoms with van der Waals surface area (Å²) >= 11 is 0.0894. The molecule has 0 aliphatic rings. The van der Waals surface area contributed by atoms with E-state index in [4.69, 9.17) is 0 Å². The standard InChI is InChI=1S/C6H11.C3H5.Mg/c1-3-5-6-4-2;1-3-2;/h3H,1-2,4-6H2;1H2,2H3;. The van der Waals surface area contributed by atoms with Crippen LogP contribution in [0.3, 0.4) is 0 Å². The van der Waals surface area contributed by atoms with Crippen molar-refractivity contribution in [2.45, 2.75) is 30.7 Å². The summed E-state index contributed by atoms with van der Waals surface area (Å²) in [6.45, 7) is 9.75. The number of hydrogen-bond donors (Lipinski definition) is 0. The molecule has 0 saturated carbocycles. The minimum atomic E-state index is 0.0894. The quantitative estimate of drug-likeness (QED) is 0.309. The third kappa shape index (κ3) is 8.25. The van der Waals surface area contributed by atoms with E-state index in [-0.39, 0.29) is 20.4 Å². The third-order valence-electron chi connectivity index (χ3n) is 1.51. The van der Waals surface area contributed by atoms with Gasteiger partial charge in [0, 0.05) is 0 Å². The van der Waals surface area contributed by atoms with Crippen LogP contribution in [0.5, 0.6) is 0 Å². The lowest BCUT2D eigenvalue weighted by Gasteiger charge is -1.95. The maximum Gasteiger partial charge on any atom is 0.400 e. The van der Waals surface area contributed by atoms with Gasteiger partial charge >= 0.3 is 20.4 Å². The Morgan fingerprint density at radius 1 is 1.50 bits per heavy atom. The second kappa shape index (κ2) is 7.35. The van der Waals surface area contributed by atoms with Gasteiger partial charge in [0.15, 0.2) is 0 Å². The summed E-state index contributed by atoms with van der Waals surface area (Å²) < 4.78 is 2.88. The van der Waals surface area contributed by atoms with Crippen LogP contribution in [0, 0.1) is 0 Å². The zero-order valence-electron chi connectivity index (χ0n) is 7.03. The molecule has 0 radical (unpaired) electrons. The van der Waals surface area contributed by atoms with Gasteiger partial charge in [0.1, 0.15) is 0 Å². The van der Waals surface area contributed by atoms with Crippen molar-refractivity contribution in [2.24, 2.45) is 0 Å². The molecule has 0 aromatic carbocycles. The molecule has 0 fully saturated rings. The molecule has 0 spiro atoms. The third-order valence-corrected chi connectivity index (χ3v) is 3.22. The summed E-state index contributed by atoms with van der Waals surface area (Å²) in [6, 6.07) is 0. The van der Waals surface area contributed by atoms with Crippen molar-refractivity contribution in [3.63, 3.8) is 0 Å². The first-order valence-corrected chi connectivity index (χ1v) is 5.73. The van der Waals surface area contributed by atoms with Gasteiger partial charge < -0.3 is 0 Å². The first-order valence-electron chi connectivity index (χ1n) is 4.02. The van der Waals surface area contributed by atoms with Crippen LogP contribution in [0.4, 0.5) is 0 Å². The highest BCUT2D eigenvalue weighted by molar-refractivity contribution is 6.44. The zero-order valence-corrected chi connectivity index (χ0v) is 8.44. The van der Waals surface area contributed by atoms with Crippen LogP contribution in [0.15, 0.2) is 22.9 Å². The molecule has 0 saturated heterocycles. The number of unbranched alkanes of at least 4 members (excludes halogenated alkanes) is 2. The molecule has 10 heavy (non-hydrogen) atoms. The summed E-state index contributed by atoms with van der Waals surface area (Å²) in [5, 5.41) is 0. The fraction of sp³-hybridized carbons (Fsp3) is 0.556. The van der Waals surface area contributed by atoms with Gasteiger partial charge in [0.2, 0.25) is 0 Å². The normalized spacial score (nSPS) is 8.50. The highest BCUT2D eigenvalue weighted by Crippen LogP contribution is 2.01. The van der Waals surface area contributed by atoms with E-state index in [9.17, 15) is 0 Å². The van der Waals surface area contributed by atoms with E-state index in [0.717, 1.165) is 0 Å². The van der Waals surface area contributed by atoms with Gasteiger partial charge in [0.05, 0.1) is 0 Å². The molecule has 0 aromatic rings. The number of allylic oxidation sites excluding steroid dienone is 2. The Hall–Kier alpha value is 0.246. The second-order valence-corrected chi connectivity index (χ2v) is 5.26. The smallest absolute Gasteiger partial charge is 0.204 e. The van der Waals surface area contributed by atoms with Crippen LogP contribution in [0.1, 0.15) is 26.2 Å². The lowest BCUT2D eigenvalue weighted by molar-refractivity contribution is 0.812. The van der Waals surface area contributed by atoms with Crippen molar-refractivity contribution in [1.82, 2.24) is 0 Å².